The highest BCUT2D eigenvalue weighted by atomic mass is 32.2. The summed E-state index contributed by atoms with van der Waals surface area (Å²) < 4.78 is 111. The van der Waals surface area contributed by atoms with E-state index in [0.29, 0.717) is 18.2 Å². The standard InChI is InChI=1S/C18H12F6N2O4S/c19-17(20,21)16(27,18(22,23)24)12-4-5-14-15(9-12)30-7-6-26(14)31(28,29)13-3-1-2-11(8-13)10-25/h1-5,8-9,27H,6-7H2. The Kier molecular flexibility index (Phi) is 5.35. The van der Waals surface area contributed by atoms with Gasteiger partial charge in [0.2, 0.25) is 0 Å². The van der Waals surface area contributed by atoms with Crippen LogP contribution in [0.5, 0.6) is 5.75 Å². The summed E-state index contributed by atoms with van der Waals surface area (Å²) in [5.41, 5.74) is -7.04. The van der Waals surface area contributed by atoms with Gasteiger partial charge in [0.25, 0.3) is 15.6 Å². The fraction of sp³-hybridized carbons (Fsp3) is 0.278. The van der Waals surface area contributed by atoms with Crippen LogP contribution in [0.1, 0.15) is 11.1 Å². The molecule has 0 unspecified atom stereocenters. The Morgan fingerprint density at radius 2 is 1.68 bits per heavy atom. The van der Waals surface area contributed by atoms with Gasteiger partial charge in [-0.3, -0.25) is 4.31 Å². The lowest BCUT2D eigenvalue weighted by Gasteiger charge is -2.35. The number of nitrogens with zero attached hydrogens (tertiary/aromatic N) is 2. The van der Waals surface area contributed by atoms with Crippen molar-refractivity contribution in [1.29, 1.82) is 5.26 Å². The second-order valence-electron chi connectivity index (χ2n) is 6.45. The van der Waals surface area contributed by atoms with Gasteiger partial charge in [-0.1, -0.05) is 12.1 Å². The zero-order chi connectivity index (χ0) is 23.2. The molecule has 166 valence electrons. The van der Waals surface area contributed by atoms with Crippen LogP contribution in [0.15, 0.2) is 47.4 Å². The van der Waals surface area contributed by atoms with Crippen molar-refractivity contribution in [3.05, 3.63) is 53.6 Å². The molecule has 0 aromatic heterocycles. The molecule has 6 nitrogen and oxygen atoms in total. The molecular weight excluding hydrogens is 454 g/mol. The fourth-order valence-corrected chi connectivity index (χ4v) is 4.52. The summed E-state index contributed by atoms with van der Waals surface area (Å²) in [4.78, 5) is -0.300. The molecule has 0 atom stereocenters. The molecule has 31 heavy (non-hydrogen) atoms. The van der Waals surface area contributed by atoms with E-state index >= 15 is 0 Å². The zero-order valence-electron chi connectivity index (χ0n) is 15.2. The molecule has 0 radical (unpaired) electrons. The summed E-state index contributed by atoms with van der Waals surface area (Å²) in [7, 11) is -4.32. The lowest BCUT2D eigenvalue weighted by molar-refractivity contribution is -0.376. The number of fused-ring (bicyclic) bond motifs is 1. The number of sulfonamides is 1. The minimum atomic E-state index is -6.10. The van der Waals surface area contributed by atoms with Crippen molar-refractivity contribution in [3.63, 3.8) is 0 Å². The lowest BCUT2D eigenvalue weighted by Crippen LogP contribution is -2.54. The summed E-state index contributed by atoms with van der Waals surface area (Å²) >= 11 is 0. The van der Waals surface area contributed by atoms with Crippen LogP contribution in [-0.4, -0.2) is 39.0 Å². The molecule has 1 heterocycles. The number of hydrogen-bond donors (Lipinski definition) is 1. The van der Waals surface area contributed by atoms with Gasteiger partial charge in [0.05, 0.1) is 28.8 Å². The molecule has 3 rings (SSSR count). The Morgan fingerprint density at radius 3 is 2.26 bits per heavy atom. The third-order valence-corrected chi connectivity index (χ3v) is 6.38. The topological polar surface area (TPSA) is 90.6 Å². The lowest BCUT2D eigenvalue weighted by atomic mass is 9.91. The number of ether oxygens (including phenoxy) is 1. The summed E-state index contributed by atoms with van der Waals surface area (Å²) in [6.07, 6.45) is -12.2. The van der Waals surface area contributed by atoms with E-state index in [1.54, 1.807) is 6.07 Å². The van der Waals surface area contributed by atoms with Crippen molar-refractivity contribution in [2.24, 2.45) is 0 Å². The second kappa shape index (κ2) is 7.31. The molecule has 0 fully saturated rings. The van der Waals surface area contributed by atoms with Crippen LogP contribution < -0.4 is 9.04 Å². The summed E-state index contributed by atoms with van der Waals surface area (Å²) in [5, 5.41) is 18.5. The number of halogens is 6. The van der Waals surface area contributed by atoms with Crippen LogP contribution in [0.3, 0.4) is 0 Å². The first-order valence-electron chi connectivity index (χ1n) is 8.39. The van der Waals surface area contributed by atoms with Gasteiger partial charge in [-0.2, -0.15) is 31.6 Å². The number of aliphatic hydroxyl groups is 1. The Balaban J connectivity index is 2.12. The van der Waals surface area contributed by atoms with E-state index in [0.717, 1.165) is 10.4 Å². The van der Waals surface area contributed by atoms with Crippen LogP contribution in [-0.2, 0) is 15.6 Å². The molecule has 0 aliphatic carbocycles. The quantitative estimate of drug-likeness (QED) is 0.700. The molecule has 0 bridgehead atoms. The van der Waals surface area contributed by atoms with Crippen LogP contribution >= 0.6 is 0 Å². The van der Waals surface area contributed by atoms with Crippen LogP contribution in [0.25, 0.3) is 0 Å². The van der Waals surface area contributed by atoms with Gasteiger partial charge in [0.15, 0.2) is 0 Å². The molecule has 0 spiro atoms. The molecular formula is C18H12F6N2O4S. The number of alkyl halides is 6. The predicted octanol–water partition coefficient (Wildman–Crippen LogP) is 3.46. The molecule has 2 aromatic carbocycles. The van der Waals surface area contributed by atoms with E-state index in [4.69, 9.17) is 10.00 Å². The average Bonchev–Trinajstić information content (AvgIpc) is 2.70. The van der Waals surface area contributed by atoms with Crippen molar-refractivity contribution in [2.45, 2.75) is 22.8 Å². The second-order valence-corrected chi connectivity index (χ2v) is 8.32. The number of hydrogen-bond acceptors (Lipinski definition) is 5. The molecule has 0 amide bonds. The molecule has 1 aliphatic heterocycles. The molecule has 0 saturated heterocycles. The molecule has 1 N–H and O–H groups in total. The summed E-state index contributed by atoms with van der Waals surface area (Å²) in [6.45, 7) is -0.654. The predicted molar refractivity (Wildman–Crippen MR) is 93.6 cm³/mol. The third kappa shape index (κ3) is 3.66. The first-order chi connectivity index (χ1) is 14.2. The van der Waals surface area contributed by atoms with Gasteiger partial charge in [0, 0.05) is 5.56 Å². The monoisotopic (exact) mass is 466 g/mol. The van der Waals surface area contributed by atoms with Gasteiger partial charge in [-0.15, -0.1) is 0 Å². The number of benzene rings is 2. The Bertz CT molecular complexity index is 1140. The SMILES string of the molecule is N#Cc1cccc(S(=O)(=O)N2CCOc3cc(C(O)(C(F)(F)F)C(F)(F)F)ccc32)c1. The number of rotatable bonds is 3. The molecule has 0 saturated carbocycles. The van der Waals surface area contributed by atoms with Crippen LogP contribution in [0, 0.1) is 11.3 Å². The maximum atomic E-state index is 13.1. The number of anilines is 1. The van der Waals surface area contributed by atoms with Gasteiger partial charge >= 0.3 is 12.4 Å². The minimum Gasteiger partial charge on any atom is -0.489 e. The highest BCUT2D eigenvalue weighted by Crippen LogP contribution is 2.51. The van der Waals surface area contributed by atoms with E-state index in [1.807, 2.05) is 0 Å². The van der Waals surface area contributed by atoms with Gasteiger partial charge < -0.3 is 9.84 Å². The van der Waals surface area contributed by atoms with Crippen molar-refractivity contribution in [3.8, 4) is 11.8 Å². The minimum absolute atomic E-state index is 0.0327. The summed E-state index contributed by atoms with van der Waals surface area (Å²) in [5.74, 6) is -0.587. The zero-order valence-corrected chi connectivity index (χ0v) is 16.0. The average molecular weight is 466 g/mol. The van der Waals surface area contributed by atoms with Gasteiger partial charge in [0.1, 0.15) is 12.4 Å². The third-order valence-electron chi connectivity index (χ3n) is 4.57. The van der Waals surface area contributed by atoms with Crippen molar-refractivity contribution in [1.82, 2.24) is 0 Å². The largest absolute Gasteiger partial charge is 0.489 e. The maximum Gasteiger partial charge on any atom is 0.430 e. The van der Waals surface area contributed by atoms with E-state index in [2.05, 4.69) is 0 Å². The van der Waals surface area contributed by atoms with Crippen LogP contribution in [0.4, 0.5) is 32.0 Å². The molecule has 1 aliphatic rings. The summed E-state index contributed by atoms with van der Waals surface area (Å²) in [6, 6.07) is 8.03. The Hall–Kier alpha value is -2.98. The Morgan fingerprint density at radius 1 is 1.03 bits per heavy atom. The van der Waals surface area contributed by atoms with Crippen molar-refractivity contribution < 1.29 is 44.6 Å². The van der Waals surface area contributed by atoms with Crippen LogP contribution in [0.2, 0.25) is 0 Å². The van der Waals surface area contributed by atoms with Crippen molar-refractivity contribution >= 4 is 15.7 Å². The van der Waals surface area contributed by atoms with E-state index in [1.165, 1.54) is 18.2 Å². The number of nitriles is 1. The van der Waals surface area contributed by atoms with Gasteiger partial charge in [-0.05, 0) is 30.3 Å². The maximum absolute atomic E-state index is 13.1. The fourth-order valence-electron chi connectivity index (χ4n) is 3.01. The van der Waals surface area contributed by atoms with E-state index in [9.17, 15) is 39.9 Å². The smallest absolute Gasteiger partial charge is 0.430 e. The van der Waals surface area contributed by atoms with Gasteiger partial charge in [-0.25, -0.2) is 8.42 Å². The normalized spacial score (nSPS) is 15.1. The van der Waals surface area contributed by atoms with E-state index in [-0.39, 0.29) is 29.3 Å². The first kappa shape index (κ1) is 22.7. The molecule has 13 heteroatoms. The highest BCUT2D eigenvalue weighted by molar-refractivity contribution is 7.92. The first-order valence-corrected chi connectivity index (χ1v) is 9.83. The Labute approximate surface area is 171 Å². The van der Waals surface area contributed by atoms with E-state index < -0.39 is 39.3 Å². The highest BCUT2D eigenvalue weighted by Gasteiger charge is 2.71. The molecule has 2 aromatic rings. The van der Waals surface area contributed by atoms with Crippen molar-refractivity contribution in [2.75, 3.05) is 17.5 Å².